The van der Waals surface area contributed by atoms with Crippen molar-refractivity contribution in [2.75, 3.05) is 37.3 Å². The molecule has 0 aliphatic carbocycles. The van der Waals surface area contributed by atoms with Crippen molar-refractivity contribution in [2.24, 2.45) is 0 Å². The van der Waals surface area contributed by atoms with Gasteiger partial charge < -0.3 is 9.80 Å². The van der Waals surface area contributed by atoms with E-state index in [1.54, 1.807) is 29.2 Å². The monoisotopic (exact) mass is 482 g/mol. The first-order valence-corrected chi connectivity index (χ1v) is 11.9. The van der Waals surface area contributed by atoms with Gasteiger partial charge in [-0.15, -0.1) is 0 Å². The number of hydrogen-bond acceptors (Lipinski definition) is 5. The van der Waals surface area contributed by atoms with Crippen LogP contribution in [0.2, 0.25) is 0 Å². The zero-order chi connectivity index (χ0) is 24.0. The molecule has 12 heteroatoms. The quantitative estimate of drug-likeness (QED) is 0.568. The molecule has 0 bridgehead atoms. The van der Waals surface area contributed by atoms with Gasteiger partial charge in [-0.1, -0.05) is 18.2 Å². The molecule has 0 saturated carbocycles. The van der Waals surface area contributed by atoms with E-state index in [0.717, 1.165) is 23.0 Å². The molecule has 3 aromatic rings. The van der Waals surface area contributed by atoms with Gasteiger partial charge in [0.25, 0.3) is 0 Å². The molecule has 1 aliphatic rings. The second kappa shape index (κ2) is 8.25. The number of carbonyl (C=O) groups excluding carboxylic acids is 1. The molecule has 0 radical (unpaired) electrons. The van der Waals surface area contributed by atoms with Gasteiger partial charge in [-0.25, -0.2) is 13.2 Å². The molecule has 4 rings (SSSR count). The average molecular weight is 482 g/mol. The normalized spacial score (nSPS) is 15.3. The lowest BCUT2D eigenvalue weighted by molar-refractivity contribution is -0.137. The van der Waals surface area contributed by atoms with Crippen molar-refractivity contribution >= 4 is 32.7 Å². The van der Waals surface area contributed by atoms with E-state index < -0.39 is 27.5 Å². The van der Waals surface area contributed by atoms with Crippen LogP contribution in [-0.2, 0) is 27.5 Å². The number of halogens is 3. The number of nitrogens with zero attached hydrogens (tertiary/aromatic N) is 4. The SMILES string of the molecule is CS(=O)(=O)n1c(=O)n(CC(=O)N2CCN(c3cccc(C(F)(F)F)c3)CC2)c2ccccc21. The average Bonchev–Trinajstić information content (AvgIpc) is 3.05. The maximum absolute atomic E-state index is 13.0. The van der Waals surface area contributed by atoms with Gasteiger partial charge in [0.05, 0.1) is 22.9 Å². The summed E-state index contributed by atoms with van der Waals surface area (Å²) in [4.78, 5) is 29.0. The zero-order valence-corrected chi connectivity index (χ0v) is 18.4. The number of hydrogen-bond donors (Lipinski definition) is 0. The molecular weight excluding hydrogens is 461 g/mol. The van der Waals surface area contributed by atoms with Crippen LogP contribution in [0.1, 0.15) is 5.56 Å². The molecule has 1 aromatic heterocycles. The van der Waals surface area contributed by atoms with E-state index in [4.69, 9.17) is 0 Å². The molecule has 0 atom stereocenters. The van der Waals surface area contributed by atoms with Crippen molar-refractivity contribution < 1.29 is 26.4 Å². The highest BCUT2D eigenvalue weighted by Crippen LogP contribution is 2.31. The number of benzene rings is 2. The summed E-state index contributed by atoms with van der Waals surface area (Å²) in [5.41, 5.74) is -0.629. The number of alkyl halides is 3. The molecule has 33 heavy (non-hydrogen) atoms. The summed E-state index contributed by atoms with van der Waals surface area (Å²) in [7, 11) is -3.88. The predicted molar refractivity (Wildman–Crippen MR) is 117 cm³/mol. The summed E-state index contributed by atoms with van der Waals surface area (Å²) < 4.78 is 65.0. The summed E-state index contributed by atoms with van der Waals surface area (Å²) >= 11 is 0. The molecule has 0 unspecified atom stereocenters. The summed E-state index contributed by atoms with van der Waals surface area (Å²) in [5.74, 6) is -0.378. The maximum Gasteiger partial charge on any atom is 0.416 e. The van der Waals surface area contributed by atoms with Gasteiger partial charge in [0, 0.05) is 31.9 Å². The van der Waals surface area contributed by atoms with E-state index in [1.165, 1.54) is 17.0 Å². The number of piperazine rings is 1. The Morgan fingerprint density at radius 1 is 0.970 bits per heavy atom. The van der Waals surface area contributed by atoms with Gasteiger partial charge in [0.15, 0.2) is 0 Å². The molecule has 0 spiro atoms. The third-order valence-electron chi connectivity index (χ3n) is 5.59. The van der Waals surface area contributed by atoms with E-state index in [0.29, 0.717) is 28.3 Å². The lowest BCUT2D eigenvalue weighted by Crippen LogP contribution is -2.50. The van der Waals surface area contributed by atoms with Gasteiger partial charge in [-0.3, -0.25) is 9.36 Å². The van der Waals surface area contributed by atoms with Crippen LogP contribution in [0.25, 0.3) is 11.0 Å². The molecule has 2 aromatic carbocycles. The van der Waals surface area contributed by atoms with Crippen LogP contribution in [0.3, 0.4) is 0 Å². The first-order chi connectivity index (χ1) is 15.5. The first kappa shape index (κ1) is 22.9. The van der Waals surface area contributed by atoms with Gasteiger partial charge in [-0.2, -0.15) is 17.1 Å². The van der Waals surface area contributed by atoms with E-state index >= 15 is 0 Å². The summed E-state index contributed by atoms with van der Waals surface area (Å²) in [6.07, 6.45) is -3.52. The number of fused-ring (bicyclic) bond motifs is 1. The van der Waals surface area contributed by atoms with Crippen molar-refractivity contribution in [2.45, 2.75) is 12.7 Å². The van der Waals surface area contributed by atoms with Crippen LogP contribution in [0.4, 0.5) is 18.9 Å². The minimum atomic E-state index is -4.44. The number of imidazole rings is 1. The molecule has 0 N–H and O–H groups in total. The zero-order valence-electron chi connectivity index (χ0n) is 17.6. The lowest BCUT2D eigenvalue weighted by Gasteiger charge is -2.36. The smallest absolute Gasteiger partial charge is 0.368 e. The van der Waals surface area contributed by atoms with E-state index in [2.05, 4.69) is 0 Å². The Balaban J connectivity index is 1.51. The van der Waals surface area contributed by atoms with Crippen LogP contribution in [0.5, 0.6) is 0 Å². The van der Waals surface area contributed by atoms with E-state index in [9.17, 15) is 31.2 Å². The molecule has 1 amide bonds. The Morgan fingerprint density at radius 2 is 1.61 bits per heavy atom. The van der Waals surface area contributed by atoms with E-state index in [1.807, 2.05) is 0 Å². The molecule has 2 heterocycles. The highest BCUT2D eigenvalue weighted by molar-refractivity contribution is 7.89. The minimum absolute atomic E-state index is 0.187. The summed E-state index contributed by atoms with van der Waals surface area (Å²) in [6.45, 7) is 0.828. The van der Waals surface area contributed by atoms with Crippen LogP contribution in [0.15, 0.2) is 53.3 Å². The fourth-order valence-electron chi connectivity index (χ4n) is 3.98. The van der Waals surface area contributed by atoms with Crippen molar-refractivity contribution in [3.63, 3.8) is 0 Å². The van der Waals surface area contributed by atoms with Crippen molar-refractivity contribution in [3.8, 4) is 0 Å². The van der Waals surface area contributed by atoms with Gasteiger partial charge in [0.1, 0.15) is 6.54 Å². The third-order valence-corrected chi connectivity index (χ3v) is 6.61. The predicted octanol–water partition coefficient (Wildman–Crippen LogP) is 1.98. The first-order valence-electron chi connectivity index (χ1n) is 10.1. The topological polar surface area (TPSA) is 84.6 Å². The Kier molecular flexibility index (Phi) is 5.72. The molecule has 1 aliphatic heterocycles. The number of carbonyl (C=O) groups is 1. The lowest BCUT2D eigenvalue weighted by atomic mass is 10.1. The van der Waals surface area contributed by atoms with Crippen LogP contribution in [0, 0.1) is 0 Å². The molecule has 8 nitrogen and oxygen atoms in total. The maximum atomic E-state index is 13.0. The Hall–Kier alpha value is -3.28. The second-order valence-corrected chi connectivity index (χ2v) is 9.63. The summed E-state index contributed by atoms with van der Waals surface area (Å²) in [6, 6.07) is 11.3. The Labute approximate surface area is 187 Å². The van der Waals surface area contributed by atoms with Crippen LogP contribution in [-0.4, -0.2) is 60.2 Å². The van der Waals surface area contributed by atoms with E-state index in [-0.39, 0.29) is 31.1 Å². The molecular formula is C21H21F3N4O4S. The number of anilines is 1. The second-order valence-electron chi connectivity index (χ2n) is 7.80. The fourth-order valence-corrected chi connectivity index (χ4v) is 4.88. The molecule has 1 fully saturated rings. The molecule has 1 saturated heterocycles. The fraction of sp³-hybridized carbons (Fsp3) is 0.333. The number of aromatic nitrogens is 2. The Morgan fingerprint density at radius 3 is 2.21 bits per heavy atom. The van der Waals surface area contributed by atoms with Crippen molar-refractivity contribution in [1.82, 2.24) is 13.4 Å². The van der Waals surface area contributed by atoms with Crippen molar-refractivity contribution in [3.05, 3.63) is 64.6 Å². The Bertz CT molecular complexity index is 1370. The van der Waals surface area contributed by atoms with Crippen LogP contribution < -0.4 is 10.6 Å². The standard InChI is InChI=1S/C21H21F3N4O4S/c1-33(31,32)28-18-8-3-2-7-17(18)27(20(28)30)14-19(29)26-11-9-25(10-12-26)16-6-4-5-15(13-16)21(22,23)24/h2-8,13H,9-12,14H2,1H3. The van der Waals surface area contributed by atoms with Gasteiger partial charge in [-0.05, 0) is 30.3 Å². The minimum Gasteiger partial charge on any atom is -0.368 e. The largest absolute Gasteiger partial charge is 0.416 e. The van der Waals surface area contributed by atoms with Crippen molar-refractivity contribution in [1.29, 1.82) is 0 Å². The van der Waals surface area contributed by atoms with Gasteiger partial charge >= 0.3 is 11.9 Å². The highest BCUT2D eigenvalue weighted by atomic mass is 32.2. The number of para-hydroxylation sites is 2. The summed E-state index contributed by atoms with van der Waals surface area (Å²) in [5, 5.41) is 0. The number of rotatable bonds is 4. The number of amides is 1. The van der Waals surface area contributed by atoms with Crippen LogP contribution >= 0.6 is 0 Å². The third kappa shape index (κ3) is 4.47. The van der Waals surface area contributed by atoms with Gasteiger partial charge in [0.2, 0.25) is 15.9 Å². The molecule has 176 valence electrons. The highest BCUT2D eigenvalue weighted by Gasteiger charge is 2.31.